The molecule has 1 aromatic rings. The molecule has 9 nitrogen and oxygen atoms in total. The lowest BCUT2D eigenvalue weighted by atomic mass is 9.93. The number of amides is 1. The van der Waals surface area contributed by atoms with Gasteiger partial charge in [0.15, 0.2) is 5.17 Å². The fraction of sp³-hybridized carbons (Fsp3) is 0.458. The third kappa shape index (κ3) is 5.39. The second-order valence-corrected chi connectivity index (χ2v) is 8.59. The van der Waals surface area contributed by atoms with Crippen LogP contribution in [-0.2, 0) is 19.1 Å². The summed E-state index contributed by atoms with van der Waals surface area (Å²) in [5.74, 6) is 0.662. The van der Waals surface area contributed by atoms with Crippen LogP contribution in [0.1, 0.15) is 31.9 Å². The minimum Gasteiger partial charge on any atom is -0.497 e. The fourth-order valence-electron chi connectivity index (χ4n) is 3.70. The Balaban J connectivity index is 2.09. The molecule has 34 heavy (non-hydrogen) atoms. The van der Waals surface area contributed by atoms with Gasteiger partial charge in [-0.2, -0.15) is 0 Å². The second-order valence-electron chi connectivity index (χ2n) is 7.75. The number of nitrogens with zero attached hydrogens (tertiary/aromatic N) is 3. The van der Waals surface area contributed by atoms with Gasteiger partial charge >= 0.3 is 5.97 Å². The van der Waals surface area contributed by atoms with Crippen molar-refractivity contribution in [2.75, 3.05) is 48.1 Å². The van der Waals surface area contributed by atoms with Gasteiger partial charge in [-0.15, -0.1) is 0 Å². The highest BCUT2D eigenvalue weighted by Gasteiger charge is 2.41. The summed E-state index contributed by atoms with van der Waals surface area (Å²) in [5.41, 5.74) is 2.46. The van der Waals surface area contributed by atoms with Gasteiger partial charge in [0, 0.05) is 32.5 Å². The lowest BCUT2D eigenvalue weighted by Crippen LogP contribution is -2.38. The van der Waals surface area contributed by atoms with Crippen LogP contribution in [0.4, 0.5) is 0 Å². The molecular formula is C24H31N3O6S. The fourth-order valence-corrected chi connectivity index (χ4v) is 4.66. The van der Waals surface area contributed by atoms with E-state index in [0.717, 1.165) is 11.3 Å². The van der Waals surface area contributed by atoms with Crippen LogP contribution in [0, 0.1) is 0 Å². The zero-order valence-corrected chi connectivity index (χ0v) is 21.2. The summed E-state index contributed by atoms with van der Waals surface area (Å²) in [6.07, 6.45) is 0.180. The summed E-state index contributed by atoms with van der Waals surface area (Å²) in [6, 6.07) is 4.90. The molecule has 0 spiro atoms. The van der Waals surface area contributed by atoms with E-state index < -0.39 is 12.0 Å². The maximum Gasteiger partial charge on any atom is 0.338 e. The molecule has 3 rings (SSSR count). The molecule has 0 aliphatic carbocycles. The number of carbonyl (C=O) groups excluding carboxylic acids is 2. The van der Waals surface area contributed by atoms with E-state index in [9.17, 15) is 9.59 Å². The predicted octanol–water partition coefficient (Wildman–Crippen LogP) is 3.34. The highest BCUT2D eigenvalue weighted by Crippen LogP contribution is 2.46. The van der Waals surface area contributed by atoms with Crippen LogP contribution in [0.15, 0.2) is 45.6 Å². The summed E-state index contributed by atoms with van der Waals surface area (Å²) in [7, 11) is 6.46. The average molecular weight is 490 g/mol. The van der Waals surface area contributed by atoms with Crippen molar-refractivity contribution >= 4 is 28.8 Å². The summed E-state index contributed by atoms with van der Waals surface area (Å²) in [6.45, 7) is 4.72. The number of benzene rings is 1. The number of ether oxygens (including phenoxy) is 4. The number of thioether (sulfide) groups is 1. The van der Waals surface area contributed by atoms with E-state index in [2.05, 4.69) is 4.99 Å². The SMILES string of the molecule is CCN(C)C(=O)CC1=CSC2=NC(C)=C(C(=O)OCCOC)C(c3cc(OC)cc(OC)c3)N12. The van der Waals surface area contributed by atoms with Gasteiger partial charge in [0.05, 0.1) is 44.6 Å². The van der Waals surface area contributed by atoms with Crippen LogP contribution in [0.25, 0.3) is 0 Å². The molecular weight excluding hydrogens is 458 g/mol. The summed E-state index contributed by atoms with van der Waals surface area (Å²) < 4.78 is 21.5. The molecule has 0 saturated heterocycles. The third-order valence-corrected chi connectivity index (χ3v) is 6.55. The first kappa shape index (κ1) is 25.6. The van der Waals surface area contributed by atoms with Gasteiger partial charge in [-0.1, -0.05) is 11.8 Å². The minimum absolute atomic E-state index is 0.0203. The number of hydrogen-bond donors (Lipinski definition) is 0. The molecule has 0 fully saturated rings. The number of esters is 1. The van der Waals surface area contributed by atoms with E-state index >= 15 is 0 Å². The summed E-state index contributed by atoms with van der Waals surface area (Å²) in [4.78, 5) is 34.3. The molecule has 2 aliphatic heterocycles. The van der Waals surface area contributed by atoms with E-state index in [1.54, 1.807) is 46.3 Å². The van der Waals surface area contributed by atoms with Gasteiger partial charge < -0.3 is 28.7 Å². The van der Waals surface area contributed by atoms with Crippen molar-refractivity contribution in [2.24, 2.45) is 4.99 Å². The Bertz CT molecular complexity index is 1010. The van der Waals surface area contributed by atoms with Crippen LogP contribution in [0.3, 0.4) is 0 Å². The molecule has 0 radical (unpaired) electrons. The summed E-state index contributed by atoms with van der Waals surface area (Å²) in [5, 5.41) is 2.61. The van der Waals surface area contributed by atoms with Gasteiger partial charge in [-0.05, 0) is 37.0 Å². The van der Waals surface area contributed by atoms with Crippen LogP contribution < -0.4 is 9.47 Å². The lowest BCUT2D eigenvalue weighted by Gasteiger charge is -2.36. The van der Waals surface area contributed by atoms with Crippen molar-refractivity contribution in [3.63, 3.8) is 0 Å². The number of carbonyl (C=O) groups is 2. The maximum atomic E-state index is 13.3. The number of hydrogen-bond acceptors (Lipinski definition) is 9. The van der Waals surface area contributed by atoms with E-state index in [1.165, 1.54) is 11.8 Å². The zero-order chi connectivity index (χ0) is 24.8. The number of methoxy groups -OCH3 is 3. The highest BCUT2D eigenvalue weighted by atomic mass is 32.2. The Kier molecular flexibility index (Phi) is 8.62. The molecule has 1 aromatic carbocycles. The van der Waals surface area contributed by atoms with E-state index in [-0.39, 0.29) is 25.5 Å². The Labute approximate surface area is 204 Å². The Morgan fingerprint density at radius 2 is 1.79 bits per heavy atom. The minimum atomic E-state index is -0.576. The molecule has 0 N–H and O–H groups in total. The normalized spacial score (nSPS) is 17.1. The van der Waals surface area contributed by atoms with Crippen LogP contribution >= 0.6 is 11.8 Å². The lowest BCUT2D eigenvalue weighted by molar-refractivity contribution is -0.141. The van der Waals surface area contributed by atoms with Crippen molar-refractivity contribution < 1.29 is 28.5 Å². The number of allylic oxidation sites excluding steroid dienone is 1. The topological polar surface area (TPSA) is 89.9 Å². The Morgan fingerprint density at radius 1 is 1.12 bits per heavy atom. The Morgan fingerprint density at radius 3 is 2.38 bits per heavy atom. The average Bonchev–Trinajstić information content (AvgIpc) is 3.23. The van der Waals surface area contributed by atoms with Crippen molar-refractivity contribution in [1.29, 1.82) is 0 Å². The van der Waals surface area contributed by atoms with Gasteiger partial charge in [0.25, 0.3) is 0 Å². The standard InChI is InChI=1S/C24H31N3O6S/c1-7-26(3)20(28)12-17-14-34-24-25-15(2)21(23(29)33-9-8-30-4)22(27(17)24)16-10-18(31-5)13-19(11-16)32-6/h10-11,13-14,22H,7-9,12H2,1-6H3. The van der Waals surface area contributed by atoms with Crippen molar-refractivity contribution in [1.82, 2.24) is 9.80 Å². The number of fused-ring (bicyclic) bond motifs is 1. The second kappa shape index (κ2) is 11.4. The molecule has 10 heteroatoms. The monoisotopic (exact) mass is 489 g/mol. The molecule has 184 valence electrons. The van der Waals surface area contributed by atoms with Crippen molar-refractivity contribution in [2.45, 2.75) is 26.3 Å². The molecule has 2 heterocycles. The summed E-state index contributed by atoms with van der Waals surface area (Å²) >= 11 is 1.43. The molecule has 1 atom stereocenters. The Hall–Kier alpha value is -2.98. The molecule has 2 aliphatic rings. The largest absolute Gasteiger partial charge is 0.497 e. The van der Waals surface area contributed by atoms with Gasteiger partial charge in [-0.25, -0.2) is 9.79 Å². The first-order valence-electron chi connectivity index (χ1n) is 10.9. The third-order valence-electron chi connectivity index (χ3n) is 5.66. The number of amidine groups is 1. The first-order valence-corrected chi connectivity index (χ1v) is 11.8. The van der Waals surface area contributed by atoms with Gasteiger partial charge in [0.2, 0.25) is 5.91 Å². The predicted molar refractivity (Wildman–Crippen MR) is 131 cm³/mol. The molecule has 0 aromatic heterocycles. The smallest absolute Gasteiger partial charge is 0.338 e. The molecule has 1 amide bonds. The van der Waals surface area contributed by atoms with Gasteiger partial charge in [0.1, 0.15) is 18.1 Å². The molecule has 0 saturated carbocycles. The number of aliphatic imine (C=N–C) groups is 1. The quantitative estimate of drug-likeness (QED) is 0.365. The van der Waals surface area contributed by atoms with Crippen LogP contribution in [-0.4, -0.2) is 75.0 Å². The van der Waals surface area contributed by atoms with Gasteiger partial charge in [-0.3, -0.25) is 4.79 Å². The first-order chi connectivity index (χ1) is 16.3. The highest BCUT2D eigenvalue weighted by molar-refractivity contribution is 8.16. The van der Waals surface area contributed by atoms with Crippen LogP contribution in [0.2, 0.25) is 0 Å². The van der Waals surface area contributed by atoms with E-state index in [1.807, 2.05) is 29.4 Å². The zero-order valence-electron chi connectivity index (χ0n) is 20.4. The van der Waals surface area contributed by atoms with Crippen molar-refractivity contribution in [3.8, 4) is 11.5 Å². The van der Waals surface area contributed by atoms with Crippen molar-refractivity contribution in [3.05, 3.63) is 46.1 Å². The van der Waals surface area contributed by atoms with Crippen LogP contribution in [0.5, 0.6) is 11.5 Å². The molecule has 1 unspecified atom stereocenters. The maximum absolute atomic E-state index is 13.3. The van der Waals surface area contributed by atoms with E-state index in [4.69, 9.17) is 18.9 Å². The molecule has 0 bridgehead atoms. The number of rotatable bonds is 10. The van der Waals surface area contributed by atoms with E-state index in [0.29, 0.717) is 34.5 Å².